The van der Waals surface area contributed by atoms with Gasteiger partial charge in [-0.1, -0.05) is 6.07 Å². The largest absolute Gasteiger partial charge is 0.352 e. The predicted molar refractivity (Wildman–Crippen MR) is 71.1 cm³/mol. The number of unbranched alkanes of at least 4 members (excludes halogenated alkanes) is 1. The number of carbonyl (C=O) groups excluding carboxylic acids is 1. The molecule has 0 spiro atoms. The molecule has 94 valence electrons. The molecule has 1 aromatic rings. The number of hydrogen-bond acceptors (Lipinski definition) is 2. The molecule has 1 N–H and O–H groups in total. The minimum absolute atomic E-state index is 0.125. The first-order valence-corrected chi connectivity index (χ1v) is 7.08. The highest BCUT2D eigenvalue weighted by Gasteiger charge is 2.10. The number of thioether (sulfide) groups is 1. The molecule has 0 aliphatic rings. The molecule has 0 aromatic heterocycles. The summed E-state index contributed by atoms with van der Waals surface area (Å²) < 4.78 is 13.5. The molecule has 0 aliphatic carbocycles. The summed E-state index contributed by atoms with van der Waals surface area (Å²) in [7, 11) is 0. The quantitative estimate of drug-likeness (QED) is 0.792. The summed E-state index contributed by atoms with van der Waals surface area (Å²) in [6.07, 6.45) is 4.05. The number of hydrogen-bond donors (Lipinski definition) is 1. The minimum atomic E-state index is -0.452. The molecule has 0 bridgehead atoms. The van der Waals surface area contributed by atoms with Crippen molar-refractivity contribution in [3.05, 3.63) is 35.1 Å². The molecule has 0 heterocycles. The van der Waals surface area contributed by atoms with Crippen LogP contribution in [0.15, 0.2) is 18.2 Å². The third-order valence-electron chi connectivity index (χ3n) is 2.43. The van der Waals surface area contributed by atoms with Crippen LogP contribution in [0.25, 0.3) is 0 Å². The minimum Gasteiger partial charge on any atom is -0.352 e. The maximum absolute atomic E-state index is 13.5. The lowest BCUT2D eigenvalue weighted by atomic mass is 10.1. The third kappa shape index (κ3) is 4.77. The second kappa shape index (κ2) is 7.33. The van der Waals surface area contributed by atoms with Crippen molar-refractivity contribution in [1.29, 1.82) is 0 Å². The van der Waals surface area contributed by atoms with E-state index in [0.717, 1.165) is 24.2 Å². The lowest BCUT2D eigenvalue weighted by molar-refractivity contribution is 0.0949. The summed E-state index contributed by atoms with van der Waals surface area (Å²) in [6, 6.07) is 4.65. The first kappa shape index (κ1) is 14.0. The van der Waals surface area contributed by atoms with Crippen molar-refractivity contribution in [2.75, 3.05) is 18.6 Å². The average Bonchev–Trinajstić information content (AvgIpc) is 2.28. The summed E-state index contributed by atoms with van der Waals surface area (Å²) in [4.78, 5) is 11.7. The Morgan fingerprint density at radius 2 is 2.18 bits per heavy atom. The van der Waals surface area contributed by atoms with Gasteiger partial charge in [-0.3, -0.25) is 4.79 Å². The van der Waals surface area contributed by atoms with Gasteiger partial charge in [-0.25, -0.2) is 4.39 Å². The number of carbonyl (C=O) groups is 1. The van der Waals surface area contributed by atoms with Crippen LogP contribution in [0.5, 0.6) is 0 Å². The van der Waals surface area contributed by atoms with E-state index in [9.17, 15) is 9.18 Å². The Morgan fingerprint density at radius 3 is 2.82 bits per heavy atom. The molecule has 4 heteroatoms. The zero-order valence-electron chi connectivity index (χ0n) is 10.3. The Morgan fingerprint density at radius 1 is 1.41 bits per heavy atom. The van der Waals surface area contributed by atoms with E-state index in [1.165, 1.54) is 12.1 Å². The summed E-state index contributed by atoms with van der Waals surface area (Å²) >= 11 is 1.79. The maximum atomic E-state index is 13.5. The topological polar surface area (TPSA) is 29.1 Å². The van der Waals surface area contributed by atoms with E-state index in [4.69, 9.17) is 0 Å². The number of benzene rings is 1. The van der Waals surface area contributed by atoms with Gasteiger partial charge in [-0.05, 0) is 49.5 Å². The van der Waals surface area contributed by atoms with Crippen molar-refractivity contribution in [3.63, 3.8) is 0 Å². The number of rotatable bonds is 6. The lowest BCUT2D eigenvalue weighted by Crippen LogP contribution is -2.25. The molecule has 0 aliphatic heterocycles. The van der Waals surface area contributed by atoms with Crippen molar-refractivity contribution in [2.24, 2.45) is 0 Å². The first-order valence-electron chi connectivity index (χ1n) is 5.68. The molecule has 1 rings (SSSR count). The summed E-state index contributed by atoms with van der Waals surface area (Å²) in [5, 5.41) is 2.73. The molecule has 0 fully saturated rings. The van der Waals surface area contributed by atoms with Gasteiger partial charge >= 0.3 is 0 Å². The molecule has 0 unspecified atom stereocenters. The van der Waals surface area contributed by atoms with Crippen molar-refractivity contribution in [2.45, 2.75) is 19.8 Å². The van der Waals surface area contributed by atoms with Crippen molar-refractivity contribution in [1.82, 2.24) is 5.32 Å². The van der Waals surface area contributed by atoms with Crippen LogP contribution < -0.4 is 5.32 Å². The van der Waals surface area contributed by atoms with Gasteiger partial charge < -0.3 is 5.32 Å². The maximum Gasteiger partial charge on any atom is 0.254 e. The van der Waals surface area contributed by atoms with Crippen molar-refractivity contribution < 1.29 is 9.18 Å². The normalized spacial score (nSPS) is 10.3. The Hall–Kier alpha value is -1.03. The highest BCUT2D eigenvalue weighted by Crippen LogP contribution is 2.09. The SMILES string of the molecule is CSCCCCNC(=O)c1ccc(C)cc1F. The van der Waals surface area contributed by atoms with Crippen LogP contribution in [0.3, 0.4) is 0 Å². The molecule has 1 amide bonds. The molecule has 0 atom stereocenters. The van der Waals surface area contributed by atoms with Crippen molar-refractivity contribution in [3.8, 4) is 0 Å². The Kier molecular flexibility index (Phi) is 6.05. The van der Waals surface area contributed by atoms with E-state index in [0.29, 0.717) is 6.54 Å². The Bertz CT molecular complexity index is 382. The average molecular weight is 255 g/mol. The zero-order chi connectivity index (χ0) is 12.7. The highest BCUT2D eigenvalue weighted by molar-refractivity contribution is 7.98. The summed E-state index contributed by atoms with van der Waals surface area (Å²) in [5.74, 6) is 0.313. The molecule has 2 nitrogen and oxygen atoms in total. The van der Waals surface area contributed by atoms with Crippen LogP contribution in [-0.2, 0) is 0 Å². The fraction of sp³-hybridized carbons (Fsp3) is 0.462. The Labute approximate surface area is 106 Å². The van der Waals surface area contributed by atoms with Crippen LogP contribution in [0, 0.1) is 12.7 Å². The molecule has 0 saturated carbocycles. The van der Waals surface area contributed by atoms with E-state index >= 15 is 0 Å². The summed E-state index contributed by atoms with van der Waals surface area (Å²) in [5.41, 5.74) is 0.944. The van der Waals surface area contributed by atoms with Crippen LogP contribution in [-0.4, -0.2) is 24.5 Å². The second-order valence-electron chi connectivity index (χ2n) is 3.94. The molecule has 0 saturated heterocycles. The second-order valence-corrected chi connectivity index (χ2v) is 4.92. The van der Waals surface area contributed by atoms with Crippen LogP contribution >= 0.6 is 11.8 Å². The molecule has 17 heavy (non-hydrogen) atoms. The van der Waals surface area contributed by atoms with Gasteiger partial charge in [0, 0.05) is 6.54 Å². The smallest absolute Gasteiger partial charge is 0.254 e. The lowest BCUT2D eigenvalue weighted by Gasteiger charge is -2.06. The monoisotopic (exact) mass is 255 g/mol. The molecule has 1 aromatic carbocycles. The molecular weight excluding hydrogens is 237 g/mol. The van der Waals surface area contributed by atoms with Gasteiger partial charge in [0.1, 0.15) is 5.82 Å². The number of halogens is 1. The van der Waals surface area contributed by atoms with E-state index < -0.39 is 5.82 Å². The van der Waals surface area contributed by atoms with Gasteiger partial charge in [0.25, 0.3) is 5.91 Å². The molecule has 0 radical (unpaired) electrons. The van der Waals surface area contributed by atoms with Crippen LogP contribution in [0.1, 0.15) is 28.8 Å². The number of amides is 1. The van der Waals surface area contributed by atoms with Gasteiger partial charge in [-0.15, -0.1) is 0 Å². The van der Waals surface area contributed by atoms with Crippen LogP contribution in [0.4, 0.5) is 4.39 Å². The third-order valence-corrected chi connectivity index (χ3v) is 3.13. The van der Waals surface area contributed by atoms with Gasteiger partial charge in [0.15, 0.2) is 0 Å². The fourth-order valence-electron chi connectivity index (χ4n) is 1.47. The molecular formula is C13H18FNOS. The number of aryl methyl sites for hydroxylation is 1. The number of nitrogens with one attached hydrogen (secondary N) is 1. The Balaban J connectivity index is 2.42. The predicted octanol–water partition coefficient (Wildman–Crippen LogP) is 3.01. The van der Waals surface area contributed by atoms with Crippen molar-refractivity contribution >= 4 is 17.7 Å². The zero-order valence-corrected chi connectivity index (χ0v) is 11.1. The summed E-state index contributed by atoms with van der Waals surface area (Å²) in [6.45, 7) is 2.40. The van der Waals surface area contributed by atoms with E-state index in [1.807, 2.05) is 0 Å². The standard InChI is InChI=1S/C13H18FNOS/c1-10-5-6-11(12(14)9-10)13(16)15-7-3-4-8-17-2/h5-6,9H,3-4,7-8H2,1-2H3,(H,15,16). The van der Waals surface area contributed by atoms with Gasteiger partial charge in [-0.2, -0.15) is 11.8 Å². The van der Waals surface area contributed by atoms with Gasteiger partial charge in [0.2, 0.25) is 0 Å². The van der Waals surface area contributed by atoms with E-state index in [2.05, 4.69) is 11.6 Å². The fourth-order valence-corrected chi connectivity index (χ4v) is 1.97. The van der Waals surface area contributed by atoms with Crippen LogP contribution in [0.2, 0.25) is 0 Å². The first-order chi connectivity index (χ1) is 8.15. The van der Waals surface area contributed by atoms with E-state index in [1.54, 1.807) is 24.8 Å². The highest BCUT2D eigenvalue weighted by atomic mass is 32.2. The van der Waals surface area contributed by atoms with E-state index in [-0.39, 0.29) is 11.5 Å². The van der Waals surface area contributed by atoms with Gasteiger partial charge in [0.05, 0.1) is 5.56 Å².